The molecule has 0 fully saturated rings. The maximum absolute atomic E-state index is 6.04. The Morgan fingerprint density at radius 3 is 2.67 bits per heavy atom. The molecule has 0 amide bonds. The molecule has 0 bridgehead atoms. The van der Waals surface area contributed by atoms with Crippen molar-refractivity contribution < 1.29 is 4.74 Å². The van der Waals surface area contributed by atoms with Crippen LogP contribution in [0.5, 0.6) is 6.01 Å². The number of likely N-dealkylation sites (N-methyl/N-ethyl adjacent to an activating group) is 1. The standard InChI is InChI=1S/C12H21ClN4O/c1-5-17(6-2)8-9(3)15-11-10(13)7-14-12(16-11)18-4/h7,9H,5-6,8H2,1-4H3,(H,14,15,16). The lowest BCUT2D eigenvalue weighted by atomic mass is 10.3. The molecule has 0 spiro atoms. The molecule has 0 saturated heterocycles. The molecule has 1 N–H and O–H groups in total. The van der Waals surface area contributed by atoms with Crippen molar-refractivity contribution in [1.29, 1.82) is 0 Å². The number of anilines is 1. The highest BCUT2D eigenvalue weighted by Crippen LogP contribution is 2.20. The van der Waals surface area contributed by atoms with Crippen molar-refractivity contribution in [2.45, 2.75) is 26.8 Å². The summed E-state index contributed by atoms with van der Waals surface area (Å²) in [5.41, 5.74) is 0. The summed E-state index contributed by atoms with van der Waals surface area (Å²) >= 11 is 6.04. The third-order valence-electron chi connectivity index (χ3n) is 2.71. The molecule has 1 heterocycles. The second-order valence-corrected chi connectivity index (χ2v) is 4.49. The summed E-state index contributed by atoms with van der Waals surface area (Å²) in [6.07, 6.45) is 1.54. The van der Waals surface area contributed by atoms with Gasteiger partial charge < -0.3 is 15.0 Å². The molecule has 0 radical (unpaired) electrons. The maximum Gasteiger partial charge on any atom is 0.318 e. The number of aromatic nitrogens is 2. The number of halogens is 1. The number of ether oxygens (including phenoxy) is 1. The van der Waals surface area contributed by atoms with E-state index in [4.69, 9.17) is 16.3 Å². The van der Waals surface area contributed by atoms with E-state index in [2.05, 4.69) is 41.0 Å². The minimum Gasteiger partial charge on any atom is -0.467 e. The predicted octanol–water partition coefficient (Wildman–Crippen LogP) is 2.28. The van der Waals surface area contributed by atoms with E-state index in [9.17, 15) is 0 Å². The number of nitrogens with zero attached hydrogens (tertiary/aromatic N) is 3. The summed E-state index contributed by atoms with van der Waals surface area (Å²) in [4.78, 5) is 10.5. The first-order valence-electron chi connectivity index (χ1n) is 6.16. The second kappa shape index (κ2) is 7.38. The molecule has 1 atom stereocenters. The van der Waals surface area contributed by atoms with E-state index in [1.165, 1.54) is 7.11 Å². The van der Waals surface area contributed by atoms with Crippen molar-refractivity contribution in [3.8, 4) is 6.01 Å². The van der Waals surface area contributed by atoms with Crippen molar-refractivity contribution in [3.63, 3.8) is 0 Å². The van der Waals surface area contributed by atoms with E-state index in [0.717, 1.165) is 19.6 Å². The lowest BCUT2D eigenvalue weighted by molar-refractivity contribution is 0.294. The van der Waals surface area contributed by atoms with E-state index >= 15 is 0 Å². The molecule has 18 heavy (non-hydrogen) atoms. The minimum atomic E-state index is 0.252. The molecule has 6 heteroatoms. The SMILES string of the molecule is CCN(CC)CC(C)Nc1nc(OC)ncc1Cl. The van der Waals surface area contributed by atoms with Gasteiger partial charge >= 0.3 is 6.01 Å². The molecule has 0 aliphatic heterocycles. The minimum absolute atomic E-state index is 0.252. The van der Waals surface area contributed by atoms with Crippen molar-refractivity contribution in [3.05, 3.63) is 11.2 Å². The largest absolute Gasteiger partial charge is 0.467 e. The van der Waals surface area contributed by atoms with Gasteiger partial charge in [-0.2, -0.15) is 4.98 Å². The lowest BCUT2D eigenvalue weighted by Gasteiger charge is -2.24. The summed E-state index contributed by atoms with van der Waals surface area (Å²) in [5, 5.41) is 3.78. The first kappa shape index (κ1) is 15.0. The Kier molecular flexibility index (Phi) is 6.15. The molecule has 1 rings (SSSR count). The predicted molar refractivity (Wildman–Crippen MR) is 74.5 cm³/mol. The molecular formula is C12H21ClN4O. The van der Waals surface area contributed by atoms with Crippen LogP contribution < -0.4 is 10.1 Å². The van der Waals surface area contributed by atoms with E-state index in [0.29, 0.717) is 16.9 Å². The van der Waals surface area contributed by atoms with E-state index in [1.807, 2.05) is 0 Å². The average molecular weight is 273 g/mol. The smallest absolute Gasteiger partial charge is 0.318 e. The Bertz CT molecular complexity index is 371. The van der Waals surface area contributed by atoms with Gasteiger partial charge in [-0.1, -0.05) is 25.4 Å². The molecule has 102 valence electrons. The Hall–Kier alpha value is -1.07. The van der Waals surface area contributed by atoms with Gasteiger partial charge in [0, 0.05) is 12.6 Å². The van der Waals surface area contributed by atoms with Gasteiger partial charge in [-0.25, -0.2) is 4.98 Å². The highest BCUT2D eigenvalue weighted by molar-refractivity contribution is 6.32. The molecule has 0 saturated carbocycles. The fourth-order valence-electron chi connectivity index (χ4n) is 1.70. The van der Waals surface area contributed by atoms with Gasteiger partial charge in [-0.15, -0.1) is 0 Å². The zero-order valence-electron chi connectivity index (χ0n) is 11.4. The fraction of sp³-hybridized carbons (Fsp3) is 0.667. The number of hydrogen-bond donors (Lipinski definition) is 1. The van der Waals surface area contributed by atoms with Gasteiger partial charge in [0.1, 0.15) is 5.02 Å². The number of rotatable bonds is 7. The third-order valence-corrected chi connectivity index (χ3v) is 2.99. The Morgan fingerprint density at radius 1 is 1.44 bits per heavy atom. The molecule has 1 aromatic rings. The summed E-state index contributed by atoms with van der Waals surface area (Å²) in [6.45, 7) is 9.40. The average Bonchev–Trinajstić information content (AvgIpc) is 2.38. The second-order valence-electron chi connectivity index (χ2n) is 4.08. The molecular weight excluding hydrogens is 252 g/mol. The summed E-state index contributed by atoms with van der Waals surface area (Å²) < 4.78 is 4.98. The van der Waals surface area contributed by atoms with Crippen molar-refractivity contribution in [2.24, 2.45) is 0 Å². The summed E-state index contributed by atoms with van der Waals surface area (Å²) in [7, 11) is 1.53. The Labute approximate surface area is 114 Å². The van der Waals surface area contributed by atoms with Crippen molar-refractivity contribution >= 4 is 17.4 Å². The molecule has 1 aromatic heterocycles. The van der Waals surface area contributed by atoms with Crippen LogP contribution in [0.1, 0.15) is 20.8 Å². The monoisotopic (exact) mass is 272 g/mol. The molecule has 5 nitrogen and oxygen atoms in total. The van der Waals surface area contributed by atoms with Gasteiger partial charge in [0.25, 0.3) is 0 Å². The van der Waals surface area contributed by atoms with E-state index < -0.39 is 0 Å². The van der Waals surface area contributed by atoms with Crippen LogP contribution in [0.3, 0.4) is 0 Å². The number of methoxy groups -OCH3 is 1. The lowest BCUT2D eigenvalue weighted by Crippen LogP contribution is -2.35. The zero-order valence-corrected chi connectivity index (χ0v) is 12.2. The maximum atomic E-state index is 6.04. The van der Waals surface area contributed by atoms with Crippen LogP contribution in [0.25, 0.3) is 0 Å². The Morgan fingerprint density at radius 2 is 2.11 bits per heavy atom. The van der Waals surface area contributed by atoms with Crippen molar-refractivity contribution in [2.75, 3.05) is 32.1 Å². The van der Waals surface area contributed by atoms with Crippen LogP contribution in [0, 0.1) is 0 Å². The van der Waals surface area contributed by atoms with Gasteiger partial charge in [0.2, 0.25) is 0 Å². The first-order chi connectivity index (χ1) is 8.60. The highest BCUT2D eigenvalue weighted by atomic mass is 35.5. The fourth-order valence-corrected chi connectivity index (χ4v) is 1.84. The van der Waals surface area contributed by atoms with Crippen LogP contribution in [0.15, 0.2) is 6.20 Å². The quantitative estimate of drug-likeness (QED) is 0.825. The molecule has 0 aromatic carbocycles. The van der Waals surface area contributed by atoms with E-state index in [-0.39, 0.29) is 6.04 Å². The van der Waals surface area contributed by atoms with Crippen LogP contribution in [-0.2, 0) is 0 Å². The van der Waals surface area contributed by atoms with Gasteiger partial charge in [0.15, 0.2) is 5.82 Å². The van der Waals surface area contributed by atoms with E-state index in [1.54, 1.807) is 6.20 Å². The van der Waals surface area contributed by atoms with Crippen LogP contribution in [-0.4, -0.2) is 47.7 Å². The summed E-state index contributed by atoms with van der Waals surface area (Å²) in [6, 6.07) is 0.568. The van der Waals surface area contributed by atoms with Crippen molar-refractivity contribution in [1.82, 2.24) is 14.9 Å². The first-order valence-corrected chi connectivity index (χ1v) is 6.53. The molecule has 0 aliphatic rings. The van der Waals surface area contributed by atoms with Crippen LogP contribution >= 0.6 is 11.6 Å². The molecule has 0 aliphatic carbocycles. The number of hydrogen-bond acceptors (Lipinski definition) is 5. The third kappa shape index (κ3) is 4.31. The Balaban J connectivity index is 2.65. The summed E-state index contributed by atoms with van der Waals surface area (Å²) in [5.74, 6) is 0.614. The highest BCUT2D eigenvalue weighted by Gasteiger charge is 2.11. The van der Waals surface area contributed by atoms with Gasteiger partial charge in [0.05, 0.1) is 13.3 Å². The molecule has 1 unspecified atom stereocenters. The van der Waals surface area contributed by atoms with Crippen LogP contribution in [0.4, 0.5) is 5.82 Å². The van der Waals surface area contributed by atoms with Crippen LogP contribution in [0.2, 0.25) is 5.02 Å². The topological polar surface area (TPSA) is 50.3 Å². The van der Waals surface area contributed by atoms with Gasteiger partial charge in [-0.05, 0) is 20.0 Å². The number of nitrogens with one attached hydrogen (secondary N) is 1. The van der Waals surface area contributed by atoms with Gasteiger partial charge in [-0.3, -0.25) is 0 Å². The normalized spacial score (nSPS) is 12.6. The zero-order chi connectivity index (χ0) is 13.5.